The first-order valence-electron chi connectivity index (χ1n) is 39.5. The number of halogens is 1. The average molecular weight is 1630 g/mol. The van der Waals surface area contributed by atoms with Crippen LogP contribution in [0.4, 0.5) is 15.3 Å². The Bertz CT molecular complexity index is 4480. The van der Waals surface area contributed by atoms with Crippen LogP contribution in [-0.2, 0) is 96.1 Å². The fourth-order valence-corrected chi connectivity index (χ4v) is 14.6. The molecular weight excluding hydrogens is 1520 g/mol. The molecule has 0 aliphatic carbocycles. The summed E-state index contributed by atoms with van der Waals surface area (Å²) in [6.07, 6.45) is 3.14. The summed E-state index contributed by atoms with van der Waals surface area (Å²) in [5.74, 6) is -8.58. The number of benzene rings is 5. The zero-order valence-corrected chi connectivity index (χ0v) is 66.6. The number of guanidine groups is 1. The van der Waals surface area contributed by atoms with Crippen molar-refractivity contribution in [2.75, 3.05) is 84.2 Å². The molecule has 16 N–H and O–H groups in total. The van der Waals surface area contributed by atoms with Crippen LogP contribution >= 0.6 is 11.6 Å². The molecule has 13 amide bonds. The predicted octanol–water partition coefficient (Wildman–Crippen LogP) is 1.62. The summed E-state index contributed by atoms with van der Waals surface area (Å²) in [7, 11) is 0. The van der Waals surface area contributed by atoms with Crippen molar-refractivity contribution in [2.24, 2.45) is 17.4 Å². The first-order chi connectivity index (χ1) is 56.2. The molecule has 4 saturated heterocycles. The standard InChI is InChI=1S/C83H105ClN18O15/c1-50(2)39-64(74(107)93-62(12-7-29-89-81(86)87)79(112)101-30-8-13-69(101)78(111)91-51(3)72(85)105)94-75(108)65(42-53-21-26-61(27-22-53)92-82(114)100-33-37-117-38-34-100)95-76(109)66(41-52-14-16-55(17-15-52)48-99-31-35-116-36-32-99)96-77(110)68(49-103)97-73(106)63(44-57-9-6-28-88-46-57)90-47-71(104)70(45-54-19-24-60(84)25-20-54)102-80(113)67(98-83(102)115)43-56-18-23-58-10-4-5-11-59(58)40-56/h4-6,9-11,14-28,40,46,50-51,62-70,90,103H,7-8,12-13,29-39,41-45,47-49H2,1-3H3,(H2,85,105)(H,91,111)(H,92,114)(H,93,107)(H,94,108)(H,95,109)(H,96,110)(H,97,106)(H,98,115)(H4,86,87,89)/t51-,62+,63-,64+,65-,66+,67?,68+,69+,70?/m1/s1. The van der Waals surface area contributed by atoms with Crippen molar-refractivity contribution >= 4 is 105 Å². The third kappa shape index (κ3) is 25.8. The van der Waals surface area contributed by atoms with Gasteiger partial charge in [0.05, 0.1) is 45.6 Å². The molecule has 4 aliphatic heterocycles. The number of primary amides is 1. The largest absolute Gasteiger partial charge is 0.394 e. The smallest absolute Gasteiger partial charge is 0.325 e. The summed E-state index contributed by atoms with van der Waals surface area (Å²) < 4.78 is 11.0. The van der Waals surface area contributed by atoms with Crippen LogP contribution in [0.15, 0.2) is 140 Å². The number of urea groups is 2. The number of aliphatic hydroxyl groups is 1. The zero-order chi connectivity index (χ0) is 83.7. The van der Waals surface area contributed by atoms with Gasteiger partial charge in [0, 0.05) is 94.6 Å². The highest BCUT2D eigenvalue weighted by Gasteiger charge is 2.46. The van der Waals surface area contributed by atoms with Crippen LogP contribution in [0.1, 0.15) is 86.3 Å². The number of ether oxygens (including phenoxy) is 2. The highest BCUT2D eigenvalue weighted by atomic mass is 35.5. The minimum Gasteiger partial charge on any atom is -0.394 e. The molecule has 0 saturated carbocycles. The third-order valence-electron chi connectivity index (χ3n) is 20.9. The molecule has 117 heavy (non-hydrogen) atoms. The zero-order valence-electron chi connectivity index (χ0n) is 65.8. The first-order valence-corrected chi connectivity index (χ1v) is 39.9. The molecule has 34 heteroatoms. The van der Waals surface area contributed by atoms with Crippen molar-refractivity contribution in [3.8, 4) is 0 Å². The van der Waals surface area contributed by atoms with Crippen LogP contribution < -0.4 is 64.6 Å². The predicted molar refractivity (Wildman–Crippen MR) is 435 cm³/mol. The maximum Gasteiger partial charge on any atom is 0.325 e. The number of ketones is 1. The number of amides is 13. The SMILES string of the molecule is CC(C)C[C@H](NC(=O)[C@@H](Cc1ccc(NC(=O)N2CCOCC2)cc1)NC(=O)[C@H](Cc1ccc(CN2CCOCC2)cc1)NC(=O)[C@H](CO)NC(=O)[C@@H](Cc1cccnc1)NCC(=O)C(Cc1ccc(Cl)cc1)N1C(=O)NC(Cc2ccc3ccccc3c2)C1=O)C(=O)N[C@@H](CCCNC(=N)N)C(=O)N1CCC[C@H]1C(=O)N[C@H](C)C(N)=O. The van der Waals surface area contributed by atoms with Gasteiger partial charge in [-0.3, -0.25) is 73.5 Å². The van der Waals surface area contributed by atoms with Gasteiger partial charge in [-0.05, 0) is 126 Å². The number of likely N-dealkylation sites (tertiary alicyclic amines) is 1. The summed E-state index contributed by atoms with van der Waals surface area (Å²) in [6, 6.07) is 22.3. The number of hydrogen-bond donors (Lipinski definition) is 14. The van der Waals surface area contributed by atoms with Crippen LogP contribution in [0, 0.1) is 11.3 Å². The lowest BCUT2D eigenvalue weighted by Crippen LogP contribution is -2.61. The van der Waals surface area contributed by atoms with Crippen LogP contribution in [0.3, 0.4) is 0 Å². The number of rotatable bonds is 39. The minimum atomic E-state index is -1.79. The normalized spacial score (nSPS) is 17.7. The van der Waals surface area contributed by atoms with Gasteiger partial charge in [0.1, 0.15) is 54.4 Å². The van der Waals surface area contributed by atoms with E-state index in [-0.39, 0.29) is 88.8 Å². The Morgan fingerprint density at radius 3 is 1.82 bits per heavy atom. The number of nitrogens with zero attached hydrogens (tertiary/aromatic N) is 5. The molecule has 624 valence electrons. The van der Waals surface area contributed by atoms with Gasteiger partial charge in [-0.1, -0.05) is 123 Å². The monoisotopic (exact) mass is 1630 g/mol. The van der Waals surface area contributed by atoms with E-state index >= 15 is 14.4 Å². The second-order valence-corrected chi connectivity index (χ2v) is 30.6. The number of Topliss-reactive ketones (excluding diaryl/α,β-unsaturated/α-hetero) is 1. The Kier molecular flexibility index (Phi) is 32.2. The van der Waals surface area contributed by atoms with Gasteiger partial charge in [-0.2, -0.15) is 0 Å². The molecule has 10 rings (SSSR count). The van der Waals surface area contributed by atoms with Gasteiger partial charge < -0.3 is 83.7 Å². The number of nitrogens with one attached hydrogen (secondary N) is 11. The Balaban J connectivity index is 0.914. The van der Waals surface area contributed by atoms with E-state index in [0.29, 0.717) is 98.5 Å². The summed E-state index contributed by atoms with van der Waals surface area (Å²) in [5.41, 5.74) is 15.2. The molecule has 4 fully saturated rings. The van der Waals surface area contributed by atoms with Gasteiger partial charge in [-0.25, -0.2) is 9.59 Å². The lowest BCUT2D eigenvalue weighted by atomic mass is 9.98. The highest BCUT2D eigenvalue weighted by Crippen LogP contribution is 2.25. The number of fused-ring (bicyclic) bond motifs is 1. The van der Waals surface area contributed by atoms with Crippen LogP contribution in [-0.4, -0.2) is 246 Å². The molecular formula is C83H105ClN18O15. The summed E-state index contributed by atoms with van der Waals surface area (Å²) in [4.78, 5) is 183. The molecule has 5 heterocycles. The molecule has 10 atom stereocenters. The van der Waals surface area contributed by atoms with E-state index < -0.39 is 139 Å². The lowest BCUT2D eigenvalue weighted by Gasteiger charge is -2.31. The lowest BCUT2D eigenvalue weighted by molar-refractivity contribution is -0.142. The van der Waals surface area contributed by atoms with Gasteiger partial charge >= 0.3 is 12.1 Å². The summed E-state index contributed by atoms with van der Waals surface area (Å²) in [6.45, 7) is 8.18. The molecule has 0 spiro atoms. The van der Waals surface area contributed by atoms with Crippen molar-refractivity contribution in [3.05, 3.63) is 178 Å². The number of carbonyl (C=O) groups is 12. The van der Waals surface area contributed by atoms with Crippen LogP contribution in [0.5, 0.6) is 0 Å². The highest BCUT2D eigenvalue weighted by molar-refractivity contribution is 6.30. The van der Waals surface area contributed by atoms with E-state index in [1.807, 2.05) is 54.6 Å². The maximum absolute atomic E-state index is 15.5. The first kappa shape index (κ1) is 87.9. The van der Waals surface area contributed by atoms with E-state index in [9.17, 15) is 48.3 Å². The average Bonchev–Trinajstić information content (AvgIpc) is 1.66. The van der Waals surface area contributed by atoms with E-state index in [1.165, 1.54) is 24.2 Å². The van der Waals surface area contributed by atoms with Crippen molar-refractivity contribution in [3.63, 3.8) is 0 Å². The number of imide groups is 1. The quantitative estimate of drug-likeness (QED) is 0.0113. The fraction of sp³-hybridized carbons (Fsp3) is 0.446. The summed E-state index contributed by atoms with van der Waals surface area (Å²) in [5, 5.41) is 48.9. The summed E-state index contributed by atoms with van der Waals surface area (Å²) >= 11 is 6.27. The number of carbonyl (C=O) groups excluding carboxylic acids is 12. The van der Waals surface area contributed by atoms with Gasteiger partial charge in [-0.15, -0.1) is 0 Å². The molecule has 5 aromatic carbocycles. The fourth-order valence-electron chi connectivity index (χ4n) is 14.4. The van der Waals surface area contributed by atoms with Crippen molar-refractivity contribution < 1.29 is 72.1 Å². The molecule has 6 aromatic rings. The van der Waals surface area contributed by atoms with Crippen LogP contribution in [0.2, 0.25) is 5.02 Å². The Morgan fingerprint density at radius 2 is 1.19 bits per heavy atom. The number of anilines is 1. The topological polar surface area (TPSA) is 466 Å². The second-order valence-electron chi connectivity index (χ2n) is 30.2. The number of aliphatic hydroxyl groups excluding tert-OH is 1. The van der Waals surface area contributed by atoms with Crippen LogP contribution in [0.25, 0.3) is 10.8 Å². The number of nitrogens with two attached hydrogens (primary N) is 2. The van der Waals surface area contributed by atoms with Crippen molar-refractivity contribution in [1.29, 1.82) is 5.41 Å². The third-order valence-corrected chi connectivity index (χ3v) is 21.1. The number of hydrogen-bond acceptors (Lipinski definition) is 19. The number of morpholine rings is 2. The number of pyridine rings is 1. The van der Waals surface area contributed by atoms with E-state index in [2.05, 4.69) is 63.1 Å². The Labute approximate surface area is 683 Å². The van der Waals surface area contributed by atoms with E-state index in [4.69, 9.17) is 38.0 Å². The molecule has 2 unspecified atom stereocenters. The maximum atomic E-state index is 15.5. The van der Waals surface area contributed by atoms with Gasteiger partial charge in [0.15, 0.2) is 11.7 Å². The molecule has 0 bridgehead atoms. The van der Waals surface area contributed by atoms with Crippen molar-refractivity contribution in [1.82, 2.24) is 72.4 Å². The molecule has 33 nitrogen and oxygen atoms in total. The number of aromatic nitrogens is 1. The van der Waals surface area contributed by atoms with Gasteiger partial charge in [0.25, 0.3) is 5.91 Å². The molecule has 0 radical (unpaired) electrons. The second kappa shape index (κ2) is 42.9. The van der Waals surface area contributed by atoms with Gasteiger partial charge in [0.2, 0.25) is 47.3 Å². The molecule has 4 aliphatic rings. The van der Waals surface area contributed by atoms with E-state index in [1.54, 1.807) is 91.5 Å². The minimum absolute atomic E-state index is 0.0108. The molecule has 1 aromatic heterocycles. The van der Waals surface area contributed by atoms with Crippen molar-refractivity contribution in [2.45, 2.75) is 152 Å². The van der Waals surface area contributed by atoms with E-state index in [0.717, 1.165) is 26.8 Å². The Hall–Kier alpha value is -11.5. The Morgan fingerprint density at radius 1 is 0.624 bits per heavy atom.